The standard InChI is InChI=1S/C13H14N2O/c1-16-12-4-2-10(3-5-12)13(14)11-6-8-15-9-7-11/h2-9,13H,14H2,1H3/p+1/t13-/m1/s1. The van der Waals surface area contributed by atoms with Crippen molar-refractivity contribution in [2.75, 3.05) is 7.11 Å². The number of rotatable bonds is 3. The zero-order valence-electron chi connectivity index (χ0n) is 9.26. The summed E-state index contributed by atoms with van der Waals surface area (Å²) in [6, 6.07) is 12.1. The van der Waals surface area contributed by atoms with Crippen molar-refractivity contribution < 1.29 is 10.5 Å². The summed E-state index contributed by atoms with van der Waals surface area (Å²) in [5, 5.41) is 0. The van der Waals surface area contributed by atoms with E-state index >= 15 is 0 Å². The lowest BCUT2D eigenvalue weighted by Crippen LogP contribution is -2.53. The van der Waals surface area contributed by atoms with Crippen LogP contribution in [0.2, 0.25) is 0 Å². The van der Waals surface area contributed by atoms with Crippen LogP contribution < -0.4 is 10.5 Å². The number of nitrogens with zero attached hydrogens (tertiary/aromatic N) is 1. The van der Waals surface area contributed by atoms with Crippen molar-refractivity contribution in [1.29, 1.82) is 0 Å². The van der Waals surface area contributed by atoms with E-state index in [1.807, 2.05) is 36.4 Å². The molecular formula is C13H15N2O+. The molecule has 0 spiro atoms. The Kier molecular flexibility index (Phi) is 3.17. The van der Waals surface area contributed by atoms with Gasteiger partial charge in [-0.2, -0.15) is 0 Å². The van der Waals surface area contributed by atoms with Gasteiger partial charge in [0.2, 0.25) is 0 Å². The van der Waals surface area contributed by atoms with E-state index in [2.05, 4.69) is 10.7 Å². The Morgan fingerprint density at radius 3 is 2.12 bits per heavy atom. The van der Waals surface area contributed by atoms with Gasteiger partial charge < -0.3 is 10.5 Å². The summed E-state index contributed by atoms with van der Waals surface area (Å²) >= 11 is 0. The van der Waals surface area contributed by atoms with Crippen LogP contribution in [0.25, 0.3) is 0 Å². The summed E-state index contributed by atoms with van der Waals surface area (Å²) in [6.45, 7) is 0. The number of pyridine rings is 1. The van der Waals surface area contributed by atoms with Gasteiger partial charge in [-0.25, -0.2) is 0 Å². The maximum atomic E-state index is 5.12. The van der Waals surface area contributed by atoms with E-state index in [-0.39, 0.29) is 6.04 Å². The van der Waals surface area contributed by atoms with Crippen LogP contribution in [0, 0.1) is 0 Å². The molecule has 1 aromatic carbocycles. The zero-order valence-corrected chi connectivity index (χ0v) is 9.26. The molecule has 2 aromatic rings. The lowest BCUT2D eigenvalue weighted by molar-refractivity contribution is -0.411. The van der Waals surface area contributed by atoms with Gasteiger partial charge in [0, 0.05) is 23.5 Å². The molecule has 0 bridgehead atoms. The van der Waals surface area contributed by atoms with E-state index in [0.717, 1.165) is 5.75 Å². The third-order valence-corrected chi connectivity index (χ3v) is 2.63. The van der Waals surface area contributed by atoms with Crippen molar-refractivity contribution in [3.63, 3.8) is 0 Å². The van der Waals surface area contributed by atoms with Crippen molar-refractivity contribution >= 4 is 0 Å². The van der Waals surface area contributed by atoms with Crippen LogP contribution in [-0.4, -0.2) is 12.1 Å². The molecular weight excluding hydrogens is 200 g/mol. The van der Waals surface area contributed by atoms with Crippen molar-refractivity contribution in [2.45, 2.75) is 6.04 Å². The van der Waals surface area contributed by atoms with E-state index < -0.39 is 0 Å². The van der Waals surface area contributed by atoms with Gasteiger partial charge in [-0.15, -0.1) is 0 Å². The van der Waals surface area contributed by atoms with Crippen molar-refractivity contribution in [3.8, 4) is 5.75 Å². The Bertz CT molecular complexity index is 439. The average molecular weight is 215 g/mol. The molecule has 82 valence electrons. The molecule has 0 saturated carbocycles. The first-order valence-corrected chi connectivity index (χ1v) is 5.18. The van der Waals surface area contributed by atoms with Gasteiger partial charge in [0.05, 0.1) is 7.11 Å². The summed E-state index contributed by atoms with van der Waals surface area (Å²) in [5.41, 5.74) is 6.51. The summed E-state index contributed by atoms with van der Waals surface area (Å²) in [5.74, 6) is 0.866. The fourth-order valence-electron chi connectivity index (χ4n) is 1.62. The van der Waals surface area contributed by atoms with E-state index in [1.54, 1.807) is 19.5 Å². The Balaban J connectivity index is 2.24. The van der Waals surface area contributed by atoms with Crippen LogP contribution >= 0.6 is 0 Å². The largest absolute Gasteiger partial charge is 0.497 e. The number of hydrogen-bond donors (Lipinski definition) is 1. The highest BCUT2D eigenvalue weighted by Gasteiger charge is 2.11. The highest BCUT2D eigenvalue weighted by molar-refractivity contribution is 5.32. The Morgan fingerprint density at radius 2 is 1.56 bits per heavy atom. The third kappa shape index (κ3) is 2.20. The highest BCUT2D eigenvalue weighted by atomic mass is 16.5. The number of quaternary nitrogens is 1. The number of hydrogen-bond acceptors (Lipinski definition) is 2. The summed E-state index contributed by atoms with van der Waals surface area (Å²) in [7, 11) is 1.67. The zero-order chi connectivity index (χ0) is 11.4. The quantitative estimate of drug-likeness (QED) is 0.841. The van der Waals surface area contributed by atoms with E-state index in [4.69, 9.17) is 4.74 Å². The van der Waals surface area contributed by atoms with Crippen LogP contribution in [0.1, 0.15) is 17.2 Å². The number of methoxy groups -OCH3 is 1. The summed E-state index contributed by atoms with van der Waals surface area (Å²) < 4.78 is 5.12. The topological polar surface area (TPSA) is 49.8 Å². The fourth-order valence-corrected chi connectivity index (χ4v) is 1.62. The lowest BCUT2D eigenvalue weighted by Gasteiger charge is -2.09. The lowest BCUT2D eigenvalue weighted by atomic mass is 10.0. The highest BCUT2D eigenvalue weighted by Crippen LogP contribution is 2.19. The van der Waals surface area contributed by atoms with E-state index in [1.165, 1.54) is 11.1 Å². The molecule has 16 heavy (non-hydrogen) atoms. The molecule has 3 N–H and O–H groups in total. The Labute approximate surface area is 94.9 Å². The molecule has 1 heterocycles. The van der Waals surface area contributed by atoms with Gasteiger partial charge in [-0.1, -0.05) is 0 Å². The summed E-state index contributed by atoms with van der Waals surface area (Å²) in [6.07, 6.45) is 3.58. The van der Waals surface area contributed by atoms with Crippen molar-refractivity contribution in [2.24, 2.45) is 0 Å². The maximum absolute atomic E-state index is 5.12. The second-order valence-corrected chi connectivity index (χ2v) is 3.61. The molecule has 0 aliphatic rings. The van der Waals surface area contributed by atoms with Crippen molar-refractivity contribution in [1.82, 2.24) is 4.98 Å². The third-order valence-electron chi connectivity index (χ3n) is 2.63. The minimum Gasteiger partial charge on any atom is -0.497 e. The molecule has 3 nitrogen and oxygen atoms in total. The predicted molar refractivity (Wildman–Crippen MR) is 62.0 cm³/mol. The van der Waals surface area contributed by atoms with Crippen LogP contribution in [-0.2, 0) is 0 Å². The number of ether oxygens (including phenoxy) is 1. The molecule has 0 unspecified atom stereocenters. The maximum Gasteiger partial charge on any atom is 0.136 e. The van der Waals surface area contributed by atoms with Crippen LogP contribution in [0.4, 0.5) is 0 Å². The van der Waals surface area contributed by atoms with Crippen molar-refractivity contribution in [3.05, 3.63) is 59.9 Å². The molecule has 1 atom stereocenters. The fraction of sp³-hybridized carbons (Fsp3) is 0.154. The van der Waals surface area contributed by atoms with E-state index in [0.29, 0.717) is 0 Å². The van der Waals surface area contributed by atoms with Crippen LogP contribution in [0.5, 0.6) is 5.75 Å². The van der Waals surface area contributed by atoms with E-state index in [9.17, 15) is 0 Å². The molecule has 0 amide bonds. The second kappa shape index (κ2) is 4.77. The van der Waals surface area contributed by atoms with Gasteiger partial charge in [0.1, 0.15) is 11.8 Å². The molecule has 3 heteroatoms. The van der Waals surface area contributed by atoms with Crippen LogP contribution in [0.15, 0.2) is 48.8 Å². The second-order valence-electron chi connectivity index (χ2n) is 3.61. The monoisotopic (exact) mass is 215 g/mol. The minimum atomic E-state index is 0.133. The Hall–Kier alpha value is -1.87. The summed E-state index contributed by atoms with van der Waals surface area (Å²) in [4.78, 5) is 4.00. The molecule has 0 aliphatic heterocycles. The molecule has 2 rings (SSSR count). The number of aromatic nitrogens is 1. The van der Waals surface area contributed by atoms with Gasteiger partial charge in [-0.3, -0.25) is 4.98 Å². The minimum absolute atomic E-state index is 0.133. The number of benzene rings is 1. The normalized spacial score (nSPS) is 12.1. The Morgan fingerprint density at radius 1 is 1.00 bits per heavy atom. The predicted octanol–water partition coefficient (Wildman–Crippen LogP) is 1.42. The molecule has 0 aliphatic carbocycles. The average Bonchev–Trinajstić information content (AvgIpc) is 2.39. The first-order chi connectivity index (χ1) is 7.81. The molecule has 0 fully saturated rings. The smallest absolute Gasteiger partial charge is 0.136 e. The molecule has 0 saturated heterocycles. The molecule has 1 aromatic heterocycles. The van der Waals surface area contributed by atoms with Gasteiger partial charge in [0.25, 0.3) is 0 Å². The first kappa shape index (κ1) is 10.6. The van der Waals surface area contributed by atoms with Crippen LogP contribution in [0.3, 0.4) is 0 Å². The first-order valence-electron chi connectivity index (χ1n) is 5.18. The van der Waals surface area contributed by atoms with Gasteiger partial charge in [-0.05, 0) is 36.4 Å². The SMILES string of the molecule is COc1ccc([C@@H]([NH3+])c2ccncc2)cc1. The molecule has 0 radical (unpaired) electrons. The van der Waals surface area contributed by atoms with Gasteiger partial charge in [0.15, 0.2) is 0 Å². The van der Waals surface area contributed by atoms with Gasteiger partial charge >= 0.3 is 0 Å².